The minimum atomic E-state index is -0.0765. The number of amides is 1. The maximum Gasteiger partial charge on any atom is 0.241 e. The van der Waals surface area contributed by atoms with E-state index in [4.69, 9.17) is 0 Å². The predicted octanol–water partition coefficient (Wildman–Crippen LogP) is 3.13. The molecular weight excluding hydrogens is 451 g/mol. The Kier molecular flexibility index (Phi) is 11.2. The van der Waals surface area contributed by atoms with E-state index in [0.29, 0.717) is 19.0 Å². The van der Waals surface area contributed by atoms with Crippen molar-refractivity contribution in [3.05, 3.63) is 71.8 Å². The van der Waals surface area contributed by atoms with Gasteiger partial charge in [-0.05, 0) is 25.0 Å². The fourth-order valence-electron chi connectivity index (χ4n) is 2.74. The quantitative estimate of drug-likeness (QED) is 0.309. The van der Waals surface area contributed by atoms with E-state index in [9.17, 15) is 4.79 Å². The van der Waals surface area contributed by atoms with Crippen molar-refractivity contribution in [1.29, 1.82) is 0 Å². The molecule has 0 unspecified atom stereocenters. The standard InChI is InChI=1S/C21H28N4O.HI/c1-3-22-20(26)16-25-21(23-4-2)24-15-19(17-11-7-5-8-12-17)18-13-9-6-10-14-18;/h5-14,19H,3-4,15-16H2,1-2H3,(H,22,26)(H2,23,24,25);1H. The molecule has 1 amide bonds. The highest BCUT2D eigenvalue weighted by molar-refractivity contribution is 14.0. The van der Waals surface area contributed by atoms with Crippen molar-refractivity contribution in [3.63, 3.8) is 0 Å². The molecule has 0 fully saturated rings. The van der Waals surface area contributed by atoms with Crippen molar-refractivity contribution < 1.29 is 4.79 Å². The number of rotatable bonds is 8. The molecule has 0 bridgehead atoms. The van der Waals surface area contributed by atoms with Crippen LogP contribution in [-0.2, 0) is 4.79 Å². The molecule has 6 heteroatoms. The Hall–Kier alpha value is -2.09. The van der Waals surface area contributed by atoms with Crippen LogP contribution in [0.2, 0.25) is 0 Å². The summed E-state index contributed by atoms with van der Waals surface area (Å²) in [5, 5.41) is 9.33. The Morgan fingerprint density at radius 2 is 1.37 bits per heavy atom. The van der Waals surface area contributed by atoms with Gasteiger partial charge in [-0.3, -0.25) is 4.79 Å². The van der Waals surface area contributed by atoms with Gasteiger partial charge < -0.3 is 16.0 Å². The molecular formula is C21H29IN4O. The van der Waals surface area contributed by atoms with Crippen LogP contribution in [0.15, 0.2) is 65.7 Å². The smallest absolute Gasteiger partial charge is 0.241 e. The molecule has 0 saturated carbocycles. The highest BCUT2D eigenvalue weighted by atomic mass is 127. The van der Waals surface area contributed by atoms with Crippen molar-refractivity contribution in [2.75, 3.05) is 26.2 Å². The summed E-state index contributed by atoms with van der Waals surface area (Å²) >= 11 is 0. The lowest BCUT2D eigenvalue weighted by Gasteiger charge is -2.20. The van der Waals surface area contributed by atoms with Crippen molar-refractivity contribution >= 4 is 35.8 Å². The summed E-state index contributed by atoms with van der Waals surface area (Å²) in [5.74, 6) is 0.772. The Morgan fingerprint density at radius 1 is 0.852 bits per heavy atom. The van der Waals surface area contributed by atoms with Crippen molar-refractivity contribution in [2.45, 2.75) is 19.8 Å². The summed E-state index contributed by atoms with van der Waals surface area (Å²) in [6, 6.07) is 20.8. The van der Waals surface area contributed by atoms with Gasteiger partial charge in [-0.15, -0.1) is 24.0 Å². The second kappa shape index (κ2) is 13.1. The Morgan fingerprint density at radius 3 is 1.85 bits per heavy atom. The summed E-state index contributed by atoms with van der Waals surface area (Å²) in [4.78, 5) is 16.0. The molecule has 0 aliphatic rings. The zero-order valence-corrected chi connectivity index (χ0v) is 18.3. The number of hydrogen-bond acceptors (Lipinski definition) is 2. The highest BCUT2D eigenvalue weighted by Crippen LogP contribution is 2.23. The van der Waals surface area contributed by atoms with Gasteiger partial charge in [-0.2, -0.15) is 0 Å². The van der Waals surface area contributed by atoms with E-state index in [1.807, 2.05) is 26.0 Å². The molecule has 2 rings (SSSR count). The molecule has 0 spiro atoms. The molecule has 146 valence electrons. The number of nitrogens with zero attached hydrogens (tertiary/aromatic N) is 1. The number of aliphatic imine (C=N–C) groups is 1. The van der Waals surface area contributed by atoms with Crippen LogP contribution in [0.5, 0.6) is 0 Å². The maximum absolute atomic E-state index is 11.7. The molecule has 5 nitrogen and oxygen atoms in total. The fraction of sp³-hybridized carbons (Fsp3) is 0.333. The molecule has 0 aliphatic carbocycles. The number of guanidine groups is 1. The minimum absolute atomic E-state index is 0. The number of halogens is 1. The first-order chi connectivity index (χ1) is 12.7. The predicted molar refractivity (Wildman–Crippen MR) is 123 cm³/mol. The van der Waals surface area contributed by atoms with E-state index >= 15 is 0 Å². The summed E-state index contributed by atoms with van der Waals surface area (Å²) in [6.07, 6.45) is 0. The molecule has 27 heavy (non-hydrogen) atoms. The van der Waals surface area contributed by atoms with Gasteiger partial charge in [-0.1, -0.05) is 60.7 Å². The molecule has 0 aliphatic heterocycles. The van der Waals surface area contributed by atoms with E-state index in [-0.39, 0.29) is 42.3 Å². The molecule has 2 aromatic rings. The molecule has 0 heterocycles. The van der Waals surface area contributed by atoms with Crippen LogP contribution in [0.25, 0.3) is 0 Å². The van der Waals surface area contributed by atoms with Crippen molar-refractivity contribution in [1.82, 2.24) is 16.0 Å². The molecule has 0 atom stereocenters. The molecule has 0 aromatic heterocycles. The average Bonchev–Trinajstić information content (AvgIpc) is 2.68. The number of carbonyl (C=O) groups excluding carboxylic acids is 1. The van der Waals surface area contributed by atoms with Crippen LogP contribution < -0.4 is 16.0 Å². The normalized spacial score (nSPS) is 10.9. The third kappa shape index (κ3) is 7.99. The molecule has 0 saturated heterocycles. The lowest BCUT2D eigenvalue weighted by atomic mass is 9.91. The van der Waals surface area contributed by atoms with Crippen LogP contribution >= 0.6 is 24.0 Å². The van der Waals surface area contributed by atoms with Crippen LogP contribution in [-0.4, -0.2) is 38.0 Å². The van der Waals surface area contributed by atoms with Gasteiger partial charge in [0, 0.05) is 25.6 Å². The molecule has 3 N–H and O–H groups in total. The minimum Gasteiger partial charge on any atom is -0.357 e. The maximum atomic E-state index is 11.7. The Balaban J connectivity index is 0.00000364. The Labute approximate surface area is 179 Å². The van der Waals surface area contributed by atoms with Gasteiger partial charge in [0.2, 0.25) is 5.91 Å². The third-order valence-electron chi connectivity index (χ3n) is 3.98. The monoisotopic (exact) mass is 480 g/mol. The van der Waals surface area contributed by atoms with Gasteiger partial charge in [-0.25, -0.2) is 4.99 Å². The number of hydrogen-bond donors (Lipinski definition) is 3. The summed E-state index contributed by atoms with van der Waals surface area (Å²) < 4.78 is 0. The third-order valence-corrected chi connectivity index (χ3v) is 3.98. The second-order valence-electron chi connectivity index (χ2n) is 5.90. The topological polar surface area (TPSA) is 65.5 Å². The zero-order chi connectivity index (χ0) is 18.6. The van der Waals surface area contributed by atoms with Gasteiger partial charge in [0.15, 0.2) is 5.96 Å². The average molecular weight is 480 g/mol. The van der Waals surface area contributed by atoms with E-state index in [1.54, 1.807) is 0 Å². The summed E-state index contributed by atoms with van der Waals surface area (Å²) in [6.45, 7) is 6.06. The first-order valence-corrected chi connectivity index (χ1v) is 9.13. The molecule has 0 radical (unpaired) electrons. The highest BCUT2D eigenvalue weighted by Gasteiger charge is 2.14. The molecule has 2 aromatic carbocycles. The van der Waals surface area contributed by atoms with Crippen LogP contribution in [0.1, 0.15) is 30.9 Å². The van der Waals surface area contributed by atoms with Gasteiger partial charge in [0.05, 0.1) is 0 Å². The number of likely N-dealkylation sites (N-methyl/N-ethyl adjacent to an activating group) is 1. The van der Waals surface area contributed by atoms with E-state index < -0.39 is 0 Å². The lowest BCUT2D eigenvalue weighted by Crippen LogP contribution is -2.40. The number of nitrogens with one attached hydrogen (secondary N) is 3. The van der Waals surface area contributed by atoms with Crippen molar-refractivity contribution in [3.8, 4) is 0 Å². The fourth-order valence-corrected chi connectivity index (χ4v) is 2.74. The first-order valence-electron chi connectivity index (χ1n) is 9.13. The van der Waals surface area contributed by atoms with E-state index in [0.717, 1.165) is 6.54 Å². The SMILES string of the molecule is CCNC(=O)CN=C(NCC)NCC(c1ccccc1)c1ccccc1.I. The van der Waals surface area contributed by atoms with E-state index in [1.165, 1.54) is 11.1 Å². The Bertz CT molecular complexity index is 652. The van der Waals surface area contributed by atoms with E-state index in [2.05, 4.69) is 69.5 Å². The van der Waals surface area contributed by atoms with Gasteiger partial charge in [0.25, 0.3) is 0 Å². The zero-order valence-electron chi connectivity index (χ0n) is 15.9. The van der Waals surface area contributed by atoms with Crippen LogP contribution in [0.3, 0.4) is 0 Å². The summed E-state index contributed by atoms with van der Waals surface area (Å²) in [7, 11) is 0. The van der Waals surface area contributed by atoms with Crippen LogP contribution in [0.4, 0.5) is 0 Å². The number of carbonyl (C=O) groups is 1. The van der Waals surface area contributed by atoms with Crippen molar-refractivity contribution in [2.24, 2.45) is 4.99 Å². The summed E-state index contributed by atoms with van der Waals surface area (Å²) in [5.41, 5.74) is 2.48. The largest absolute Gasteiger partial charge is 0.357 e. The van der Waals surface area contributed by atoms with Gasteiger partial charge in [0.1, 0.15) is 6.54 Å². The van der Waals surface area contributed by atoms with Gasteiger partial charge >= 0.3 is 0 Å². The number of benzene rings is 2. The van der Waals surface area contributed by atoms with Crippen LogP contribution in [0, 0.1) is 0 Å². The first kappa shape index (κ1) is 23.0. The second-order valence-corrected chi connectivity index (χ2v) is 5.90. The lowest BCUT2D eigenvalue weighted by molar-refractivity contribution is -0.119.